The van der Waals surface area contributed by atoms with Gasteiger partial charge in [0.05, 0.1) is 105 Å². The second-order valence-corrected chi connectivity index (χ2v) is 19.7. The number of carbonyl (C=O) groups is 20. The summed E-state index contributed by atoms with van der Waals surface area (Å²) >= 11 is 0. The third-order valence-electron chi connectivity index (χ3n) is 12.0. The van der Waals surface area contributed by atoms with Gasteiger partial charge in [-0.05, 0) is 39.2 Å². The van der Waals surface area contributed by atoms with Gasteiger partial charge in [0.15, 0.2) is 0 Å². The molecule has 0 aromatic heterocycles. The van der Waals surface area contributed by atoms with E-state index in [1.165, 1.54) is 0 Å². The lowest BCUT2D eigenvalue weighted by Crippen LogP contribution is -2.59. The standard InChI is InChI=1S/C50H82N20O26/c1-24(44(89)68-25(5-6-43(87)88)47(92)70-30(23-74)49(94)69-26(50(95)96)4-2-3-7-51)64-48(93)29(22-73)67-42(86)19-61-37(81)14-56-34(78)11-58-39(83)16-63-46(91)28(21-72)66-41(85)18-60-36(80)13-55-33(77)10-57-38(82)15-62-45(90)27(20-71)65-40(84)17-59-35(79)12-54-32(76)9-53-31(75)8-52/h24-30,71-74H,2-23,51-52H2,1H3,(H,53,75)(H,54,76)(H,55,77)(H,56,78)(H,57,82)(H,58,83)(H,59,79)(H,60,80)(H,61,81)(H,62,90)(H,63,91)(H,64,93)(H,65,84)(H,66,85)(H,67,86)(H,68,89)(H,69,94)(H,70,92)(H,87,88)(H,95,96)/t24-,25-,26-,27-,28-,29-,30-/m0/s1. The Morgan fingerprint density at radius 1 is 0.292 bits per heavy atom. The monoisotopic (exact) mass is 1380 g/mol. The molecule has 7 atom stereocenters. The van der Waals surface area contributed by atoms with Crippen LogP contribution in [0.3, 0.4) is 0 Å². The van der Waals surface area contributed by atoms with Crippen molar-refractivity contribution in [2.24, 2.45) is 11.5 Å². The average Bonchev–Trinajstić information content (AvgIpc) is 1.92. The van der Waals surface area contributed by atoms with Crippen molar-refractivity contribution in [2.45, 2.75) is 81.3 Å². The summed E-state index contributed by atoms with van der Waals surface area (Å²) in [4.78, 5) is 245. The minimum Gasteiger partial charge on any atom is -0.481 e. The van der Waals surface area contributed by atoms with Crippen LogP contribution in [0.15, 0.2) is 0 Å². The smallest absolute Gasteiger partial charge is 0.326 e. The molecule has 0 radical (unpaired) electrons. The van der Waals surface area contributed by atoms with Gasteiger partial charge in [-0.3, -0.25) is 91.1 Å². The molecule has 96 heavy (non-hydrogen) atoms. The van der Waals surface area contributed by atoms with Gasteiger partial charge >= 0.3 is 11.9 Å². The zero-order valence-corrected chi connectivity index (χ0v) is 51.6. The number of nitrogens with one attached hydrogen (secondary N) is 18. The molecule has 0 aliphatic carbocycles. The van der Waals surface area contributed by atoms with E-state index in [0.717, 1.165) is 6.92 Å². The molecule has 0 unspecified atom stereocenters. The summed E-state index contributed by atoms with van der Waals surface area (Å²) < 4.78 is 0. The third kappa shape index (κ3) is 38.9. The van der Waals surface area contributed by atoms with E-state index in [-0.39, 0.29) is 19.5 Å². The summed E-state index contributed by atoms with van der Waals surface area (Å²) in [6.07, 6.45) is -0.587. The zero-order valence-electron chi connectivity index (χ0n) is 51.6. The number of amides is 18. The minimum absolute atomic E-state index is 0.0429. The Balaban J connectivity index is 4.76. The molecule has 0 fully saturated rings. The Labute approximate surface area is 543 Å². The molecule has 18 amide bonds. The van der Waals surface area contributed by atoms with Crippen LogP contribution >= 0.6 is 0 Å². The second-order valence-electron chi connectivity index (χ2n) is 19.7. The number of nitrogens with two attached hydrogens (primary N) is 2. The lowest BCUT2D eigenvalue weighted by atomic mass is 10.1. The molecule has 0 saturated heterocycles. The Kier molecular flexibility index (Phi) is 42.5. The lowest BCUT2D eigenvalue weighted by Gasteiger charge is -2.25. The fourth-order valence-corrected chi connectivity index (χ4v) is 6.78. The number of unbranched alkanes of at least 4 members (excludes halogenated alkanes) is 1. The van der Waals surface area contributed by atoms with Gasteiger partial charge < -0.3 is 138 Å². The van der Waals surface area contributed by atoms with Crippen LogP contribution in [0.1, 0.15) is 39.0 Å². The third-order valence-corrected chi connectivity index (χ3v) is 12.0. The molecule has 538 valence electrons. The molecule has 0 rings (SSSR count). The Morgan fingerprint density at radius 2 is 0.562 bits per heavy atom. The summed E-state index contributed by atoms with van der Waals surface area (Å²) in [7, 11) is 0. The number of carboxylic acid groups (broad SMARTS) is 2. The Bertz CT molecular complexity index is 2780. The van der Waals surface area contributed by atoms with Crippen molar-refractivity contribution in [2.75, 3.05) is 112 Å². The maximum Gasteiger partial charge on any atom is 0.326 e. The highest BCUT2D eigenvalue weighted by Crippen LogP contribution is 2.04. The molecule has 0 aromatic rings. The topological polar surface area (TPSA) is 731 Å². The molecule has 0 aromatic carbocycles. The molecular weight excluding hydrogens is 1300 g/mol. The van der Waals surface area contributed by atoms with Gasteiger partial charge in [0, 0.05) is 6.42 Å². The van der Waals surface area contributed by atoms with Crippen LogP contribution in [0.4, 0.5) is 0 Å². The number of hydrogen-bond donors (Lipinski definition) is 26. The molecule has 28 N–H and O–H groups in total. The number of hydrogen-bond acceptors (Lipinski definition) is 26. The molecule has 0 saturated carbocycles. The number of carbonyl (C=O) groups excluding carboxylic acids is 18. The summed E-state index contributed by atoms with van der Waals surface area (Å²) in [6.45, 7) is -11.1. The number of aliphatic hydroxyl groups is 4. The van der Waals surface area contributed by atoms with E-state index in [4.69, 9.17) is 11.5 Å². The molecular formula is C50H82N20O26. The van der Waals surface area contributed by atoms with Gasteiger partial charge in [-0.25, -0.2) is 4.79 Å². The number of aliphatic carboxylic acids is 2. The van der Waals surface area contributed by atoms with Gasteiger partial charge in [0.2, 0.25) is 106 Å². The van der Waals surface area contributed by atoms with Gasteiger partial charge in [-0.1, -0.05) is 0 Å². The van der Waals surface area contributed by atoms with E-state index in [2.05, 4.69) is 95.7 Å². The van der Waals surface area contributed by atoms with Crippen molar-refractivity contribution < 1.29 is 127 Å². The van der Waals surface area contributed by atoms with Crippen LogP contribution in [0.5, 0.6) is 0 Å². The van der Waals surface area contributed by atoms with E-state index in [1.54, 1.807) is 0 Å². The van der Waals surface area contributed by atoms with E-state index >= 15 is 0 Å². The first kappa shape index (κ1) is 85.2. The fraction of sp³-hybridized carbons (Fsp3) is 0.600. The molecule has 0 heterocycles. The van der Waals surface area contributed by atoms with Crippen molar-refractivity contribution in [3.8, 4) is 0 Å². The lowest BCUT2D eigenvalue weighted by molar-refractivity contribution is -0.143. The Morgan fingerprint density at radius 3 is 0.875 bits per heavy atom. The fourth-order valence-electron chi connectivity index (χ4n) is 6.78. The molecule has 0 spiro atoms. The number of carboxylic acids is 2. The predicted molar refractivity (Wildman–Crippen MR) is 317 cm³/mol. The summed E-state index contributed by atoms with van der Waals surface area (Å²) in [5.41, 5.74) is 10.5. The van der Waals surface area contributed by atoms with Crippen LogP contribution in [-0.4, -0.2) is 303 Å². The minimum atomic E-state index is -1.76. The van der Waals surface area contributed by atoms with Crippen molar-refractivity contribution in [3.05, 3.63) is 0 Å². The van der Waals surface area contributed by atoms with Gasteiger partial charge in [0.1, 0.15) is 42.3 Å². The largest absolute Gasteiger partial charge is 0.481 e. The van der Waals surface area contributed by atoms with Crippen molar-refractivity contribution in [1.29, 1.82) is 0 Å². The first-order valence-electron chi connectivity index (χ1n) is 28.7. The molecule has 46 nitrogen and oxygen atoms in total. The summed E-state index contributed by atoms with van der Waals surface area (Å²) in [5.74, 6) is -20.6. The highest BCUT2D eigenvalue weighted by atomic mass is 16.4. The van der Waals surface area contributed by atoms with E-state index in [0.29, 0.717) is 12.8 Å². The van der Waals surface area contributed by atoms with E-state index < -0.39 is 272 Å². The van der Waals surface area contributed by atoms with Gasteiger partial charge in [0.25, 0.3) is 0 Å². The first-order valence-corrected chi connectivity index (χ1v) is 28.7. The maximum absolute atomic E-state index is 13.1. The zero-order chi connectivity index (χ0) is 72.9. The molecule has 0 aliphatic heterocycles. The van der Waals surface area contributed by atoms with Gasteiger partial charge in [-0.2, -0.15) is 0 Å². The van der Waals surface area contributed by atoms with Crippen LogP contribution in [0.2, 0.25) is 0 Å². The molecule has 0 aliphatic rings. The predicted octanol–water partition coefficient (Wildman–Crippen LogP) is -18.3. The number of aliphatic hydroxyl groups excluding tert-OH is 4. The van der Waals surface area contributed by atoms with Crippen molar-refractivity contribution >= 4 is 118 Å². The quantitative estimate of drug-likeness (QED) is 0.0252. The second kappa shape index (κ2) is 48.0. The molecule has 46 heteroatoms. The van der Waals surface area contributed by atoms with Crippen LogP contribution < -0.4 is 107 Å². The van der Waals surface area contributed by atoms with Crippen molar-refractivity contribution in [3.63, 3.8) is 0 Å². The number of rotatable bonds is 48. The SMILES string of the molecule is C[C@H](NC(=O)[C@H](CO)NC(=O)CNC(=O)CNC(=O)CNC(=O)CNC(=O)[C@H](CO)NC(=O)CNC(=O)CNC(=O)CNC(=O)CNC(=O)[C@H](CO)NC(=O)CNC(=O)CNC(=O)CNC(=O)CN)C(=O)N[C@@H](CCC(=O)O)C(=O)N[C@@H](CO)C(=O)N[C@@H](CCCCN)C(=O)O. The van der Waals surface area contributed by atoms with E-state index in [9.17, 15) is 127 Å². The van der Waals surface area contributed by atoms with E-state index in [1.807, 2.05) is 0 Å². The van der Waals surface area contributed by atoms with Crippen LogP contribution in [-0.2, 0) is 95.9 Å². The summed E-state index contributed by atoms with van der Waals surface area (Å²) in [6, 6.07) is -11.5. The van der Waals surface area contributed by atoms with Crippen molar-refractivity contribution in [1.82, 2.24) is 95.7 Å². The van der Waals surface area contributed by atoms with Crippen LogP contribution in [0, 0.1) is 0 Å². The average molecular weight is 1380 g/mol. The normalized spacial score (nSPS) is 12.6. The van der Waals surface area contributed by atoms with Gasteiger partial charge in [-0.15, -0.1) is 0 Å². The Hall–Kier alpha value is -10.8. The highest BCUT2D eigenvalue weighted by molar-refractivity contribution is 5.99. The maximum atomic E-state index is 13.1. The highest BCUT2D eigenvalue weighted by Gasteiger charge is 2.32. The van der Waals surface area contributed by atoms with Crippen LogP contribution in [0.25, 0.3) is 0 Å². The summed E-state index contributed by atoms with van der Waals surface area (Å²) in [5, 5.41) is 95.3. The molecule has 0 bridgehead atoms. The first-order chi connectivity index (χ1) is 45.3.